The Labute approximate surface area is 103 Å². The van der Waals surface area contributed by atoms with Crippen molar-refractivity contribution in [2.45, 2.75) is 32.2 Å². The average molecular weight is 261 g/mol. The van der Waals surface area contributed by atoms with E-state index in [1.165, 1.54) is 12.1 Å². The van der Waals surface area contributed by atoms with Crippen LogP contribution in [-0.2, 0) is 0 Å². The second kappa shape index (κ2) is 5.86. The van der Waals surface area contributed by atoms with Crippen LogP contribution >= 0.6 is 0 Å². The first kappa shape index (κ1) is 14.5. The molecular weight excluding hydrogens is 247 g/mol. The number of rotatable bonds is 5. The summed E-state index contributed by atoms with van der Waals surface area (Å²) in [7, 11) is 0. The quantitative estimate of drug-likeness (QED) is 0.829. The van der Waals surface area contributed by atoms with Crippen LogP contribution < -0.4 is 10.5 Å². The number of alkyl halides is 3. The molecule has 0 saturated heterocycles. The Balaban J connectivity index is 2.85. The van der Waals surface area contributed by atoms with Crippen molar-refractivity contribution in [2.75, 3.05) is 0 Å². The van der Waals surface area contributed by atoms with Crippen LogP contribution in [0.25, 0.3) is 0 Å². The number of nitrogens with two attached hydrogens (primary N) is 1. The van der Waals surface area contributed by atoms with Gasteiger partial charge < -0.3 is 10.5 Å². The molecule has 1 atom stereocenters. The van der Waals surface area contributed by atoms with Crippen molar-refractivity contribution in [2.24, 2.45) is 5.73 Å². The van der Waals surface area contributed by atoms with Crippen LogP contribution in [0.1, 0.15) is 30.1 Å². The van der Waals surface area contributed by atoms with E-state index in [4.69, 9.17) is 5.73 Å². The van der Waals surface area contributed by atoms with E-state index in [1.807, 2.05) is 6.92 Å². The second-order valence-corrected chi connectivity index (χ2v) is 3.84. The summed E-state index contributed by atoms with van der Waals surface area (Å²) in [4.78, 5) is 11.8. The summed E-state index contributed by atoms with van der Waals surface area (Å²) >= 11 is 0. The highest BCUT2D eigenvalue weighted by atomic mass is 19.4. The molecule has 0 aromatic heterocycles. The van der Waals surface area contributed by atoms with Crippen LogP contribution in [0.5, 0.6) is 5.75 Å². The number of hydrogen-bond acceptors (Lipinski definition) is 3. The van der Waals surface area contributed by atoms with Gasteiger partial charge in [0.05, 0.1) is 6.04 Å². The summed E-state index contributed by atoms with van der Waals surface area (Å²) in [5.41, 5.74) is 5.75. The maximum atomic E-state index is 12.0. The fourth-order valence-corrected chi connectivity index (χ4v) is 1.50. The van der Waals surface area contributed by atoms with Crippen molar-refractivity contribution in [1.29, 1.82) is 0 Å². The molecule has 1 unspecified atom stereocenters. The van der Waals surface area contributed by atoms with Gasteiger partial charge in [-0.05, 0) is 18.6 Å². The first-order valence-corrected chi connectivity index (χ1v) is 5.49. The van der Waals surface area contributed by atoms with E-state index < -0.39 is 18.2 Å². The van der Waals surface area contributed by atoms with Gasteiger partial charge in [-0.25, -0.2) is 0 Å². The number of hydrogen-bond donors (Lipinski definition) is 1. The summed E-state index contributed by atoms with van der Waals surface area (Å²) in [6, 6.07) is 4.23. The molecule has 100 valence electrons. The fourth-order valence-electron chi connectivity index (χ4n) is 1.50. The molecule has 1 aromatic rings. The number of halogens is 3. The zero-order valence-electron chi connectivity index (χ0n) is 9.83. The summed E-state index contributed by atoms with van der Waals surface area (Å²) < 4.78 is 39.8. The topological polar surface area (TPSA) is 52.3 Å². The molecule has 0 saturated carbocycles. The zero-order valence-corrected chi connectivity index (χ0v) is 9.83. The van der Waals surface area contributed by atoms with E-state index in [9.17, 15) is 18.0 Å². The van der Waals surface area contributed by atoms with Crippen LogP contribution in [-0.4, -0.2) is 18.2 Å². The van der Waals surface area contributed by atoms with E-state index in [1.54, 1.807) is 0 Å². The fraction of sp³-hybridized carbons (Fsp3) is 0.417. The minimum atomic E-state index is -4.77. The van der Waals surface area contributed by atoms with Crippen molar-refractivity contribution < 1.29 is 22.7 Å². The van der Waals surface area contributed by atoms with Gasteiger partial charge in [-0.1, -0.05) is 25.5 Å². The first-order chi connectivity index (χ1) is 8.33. The molecule has 1 aromatic carbocycles. The highest BCUT2D eigenvalue weighted by Crippen LogP contribution is 2.23. The van der Waals surface area contributed by atoms with Crippen molar-refractivity contribution in [3.8, 4) is 5.75 Å². The normalized spacial score (nSPS) is 13.2. The Bertz CT molecular complexity index is 418. The van der Waals surface area contributed by atoms with E-state index >= 15 is 0 Å². The summed E-state index contributed by atoms with van der Waals surface area (Å²) in [5, 5.41) is 0. The monoisotopic (exact) mass is 261 g/mol. The van der Waals surface area contributed by atoms with E-state index in [-0.39, 0.29) is 11.3 Å². The van der Waals surface area contributed by atoms with Gasteiger partial charge in [0.2, 0.25) is 0 Å². The molecule has 0 amide bonds. The molecule has 0 aliphatic rings. The minimum Gasteiger partial charge on any atom is -0.406 e. The van der Waals surface area contributed by atoms with Gasteiger partial charge >= 0.3 is 6.36 Å². The number of carbonyl (C=O) groups is 1. The molecule has 0 heterocycles. The maximum Gasteiger partial charge on any atom is 0.573 e. The van der Waals surface area contributed by atoms with Gasteiger partial charge in [-0.15, -0.1) is 13.2 Å². The smallest absolute Gasteiger partial charge is 0.406 e. The highest BCUT2D eigenvalue weighted by molar-refractivity contribution is 6.00. The molecule has 0 fully saturated rings. The van der Waals surface area contributed by atoms with E-state index in [0.29, 0.717) is 6.42 Å². The van der Waals surface area contributed by atoms with E-state index in [0.717, 1.165) is 18.6 Å². The molecule has 0 spiro atoms. The number of carbonyl (C=O) groups excluding carboxylic acids is 1. The van der Waals surface area contributed by atoms with E-state index in [2.05, 4.69) is 4.74 Å². The Morgan fingerprint density at radius 1 is 1.44 bits per heavy atom. The lowest BCUT2D eigenvalue weighted by atomic mass is 10.0. The number of ketones is 1. The molecule has 2 N–H and O–H groups in total. The third-order valence-corrected chi connectivity index (χ3v) is 2.29. The lowest BCUT2D eigenvalue weighted by Crippen LogP contribution is -2.30. The molecule has 0 bridgehead atoms. The Morgan fingerprint density at radius 2 is 2.11 bits per heavy atom. The lowest BCUT2D eigenvalue weighted by Gasteiger charge is -2.12. The van der Waals surface area contributed by atoms with Gasteiger partial charge in [0, 0.05) is 5.56 Å². The van der Waals surface area contributed by atoms with Crippen molar-refractivity contribution in [3.63, 3.8) is 0 Å². The van der Waals surface area contributed by atoms with Crippen molar-refractivity contribution >= 4 is 5.78 Å². The third-order valence-electron chi connectivity index (χ3n) is 2.29. The van der Waals surface area contributed by atoms with Crippen molar-refractivity contribution in [1.82, 2.24) is 0 Å². The van der Waals surface area contributed by atoms with Crippen LogP contribution in [0.4, 0.5) is 13.2 Å². The standard InChI is InChI=1S/C12H14F3NO2/c1-2-4-10(16)11(17)8-5-3-6-9(7-8)18-12(13,14)15/h3,5-7,10H,2,4,16H2,1H3. The third kappa shape index (κ3) is 4.37. The Kier molecular flexibility index (Phi) is 4.72. The molecule has 0 aliphatic heterocycles. The number of benzene rings is 1. The summed E-state index contributed by atoms with van der Waals surface area (Å²) in [5.74, 6) is -0.804. The predicted molar refractivity (Wildman–Crippen MR) is 60.3 cm³/mol. The lowest BCUT2D eigenvalue weighted by molar-refractivity contribution is -0.274. The summed E-state index contributed by atoms with van der Waals surface area (Å²) in [6.45, 7) is 1.87. The molecule has 3 nitrogen and oxygen atoms in total. The van der Waals surface area contributed by atoms with Crippen LogP contribution in [0.15, 0.2) is 24.3 Å². The van der Waals surface area contributed by atoms with Crippen LogP contribution in [0.3, 0.4) is 0 Å². The van der Waals surface area contributed by atoms with Crippen molar-refractivity contribution in [3.05, 3.63) is 29.8 Å². The molecule has 1 rings (SSSR count). The molecular formula is C12H14F3NO2. The van der Waals surface area contributed by atoms with Gasteiger partial charge in [0.15, 0.2) is 5.78 Å². The Hall–Kier alpha value is -1.56. The van der Waals surface area contributed by atoms with Crippen LogP contribution in [0, 0.1) is 0 Å². The highest BCUT2D eigenvalue weighted by Gasteiger charge is 2.31. The Morgan fingerprint density at radius 3 is 2.67 bits per heavy atom. The molecule has 0 radical (unpaired) electrons. The number of Topliss-reactive ketones (excluding diaryl/α,β-unsaturated/α-hetero) is 1. The SMILES string of the molecule is CCCC(N)C(=O)c1cccc(OC(F)(F)F)c1. The molecule has 0 aliphatic carbocycles. The average Bonchev–Trinajstić information content (AvgIpc) is 2.26. The predicted octanol–water partition coefficient (Wildman–Crippen LogP) is 2.90. The van der Waals surface area contributed by atoms with Gasteiger partial charge in [0.1, 0.15) is 5.75 Å². The largest absolute Gasteiger partial charge is 0.573 e. The van der Waals surface area contributed by atoms with Gasteiger partial charge in [-0.2, -0.15) is 0 Å². The van der Waals surface area contributed by atoms with Gasteiger partial charge in [0.25, 0.3) is 0 Å². The second-order valence-electron chi connectivity index (χ2n) is 3.84. The molecule has 18 heavy (non-hydrogen) atoms. The van der Waals surface area contributed by atoms with Crippen LogP contribution in [0.2, 0.25) is 0 Å². The summed E-state index contributed by atoms with van der Waals surface area (Å²) in [6.07, 6.45) is -3.55. The first-order valence-electron chi connectivity index (χ1n) is 5.49. The molecule has 6 heteroatoms. The number of ether oxygens (including phenoxy) is 1. The van der Waals surface area contributed by atoms with Gasteiger partial charge in [-0.3, -0.25) is 4.79 Å². The zero-order chi connectivity index (χ0) is 13.8. The maximum absolute atomic E-state index is 12.0. The minimum absolute atomic E-state index is 0.123.